The van der Waals surface area contributed by atoms with Gasteiger partial charge in [-0.05, 0) is 157 Å². The maximum absolute atomic E-state index is 4.26. The first-order valence-electron chi connectivity index (χ1n) is 28.7. The zero-order valence-corrected chi connectivity index (χ0v) is 51.4. The van der Waals surface area contributed by atoms with Crippen LogP contribution in [0.3, 0.4) is 0 Å². The van der Waals surface area contributed by atoms with Crippen molar-refractivity contribution < 1.29 is 0 Å². The molecule has 91 heavy (non-hydrogen) atoms. The highest BCUT2D eigenvalue weighted by Crippen LogP contribution is 2.20. The summed E-state index contributed by atoms with van der Waals surface area (Å²) in [4.78, 5) is 77.7. The second-order valence-corrected chi connectivity index (χ2v) is 19.6. The molecule has 0 bridgehead atoms. The Bertz CT molecular complexity index is 3790. The van der Waals surface area contributed by atoms with Gasteiger partial charge in [0.25, 0.3) is 0 Å². The van der Waals surface area contributed by atoms with E-state index < -0.39 is 0 Å². The van der Waals surface area contributed by atoms with Crippen LogP contribution in [0.4, 0.5) is 0 Å². The van der Waals surface area contributed by atoms with Crippen LogP contribution in [0.25, 0.3) is 78.9 Å². The van der Waals surface area contributed by atoms with Gasteiger partial charge in [-0.25, -0.2) is 44.9 Å². The smallest absolute Gasteiger partial charge is 0.181 e. The molecule has 19 nitrogen and oxygen atoms in total. The molecule has 0 saturated heterocycles. The van der Waals surface area contributed by atoms with E-state index in [1.807, 2.05) is 213 Å². The molecule has 0 atom stereocenters. The second-order valence-electron chi connectivity index (χ2n) is 19.6. The average molecular weight is 1200 g/mol. The highest BCUT2D eigenvalue weighted by Gasteiger charge is 2.04. The fourth-order valence-corrected chi connectivity index (χ4v) is 7.80. The summed E-state index contributed by atoms with van der Waals surface area (Å²) in [5.41, 5.74) is 15.7. The summed E-state index contributed by atoms with van der Waals surface area (Å²) in [6.07, 6.45) is 29.6. The summed E-state index contributed by atoms with van der Waals surface area (Å²) in [5, 5.41) is 0. The lowest BCUT2D eigenvalue weighted by Gasteiger charge is -2.00. The molecule has 0 aliphatic heterocycles. The Morgan fingerprint density at radius 1 is 0.198 bits per heavy atom. The predicted molar refractivity (Wildman–Crippen MR) is 354 cm³/mol. The Hall–Kier alpha value is -12.3. The van der Waals surface area contributed by atoms with Crippen LogP contribution in [0.15, 0.2) is 270 Å². The van der Waals surface area contributed by atoms with Gasteiger partial charge in [-0.1, -0.05) is 66.7 Å². The molecule has 13 aromatic heterocycles. The predicted octanol–water partition coefficient (Wildman–Crippen LogP) is 14.1. The van der Waals surface area contributed by atoms with E-state index in [2.05, 4.69) is 125 Å². The van der Waals surface area contributed by atoms with Gasteiger partial charge in [-0.3, -0.25) is 49.8 Å². The van der Waals surface area contributed by atoms with Crippen molar-refractivity contribution in [3.63, 3.8) is 0 Å². The van der Waals surface area contributed by atoms with Crippen molar-refractivity contribution in [2.45, 2.75) is 48.5 Å². The average Bonchev–Trinajstić information content (AvgIpc) is 3.82. The standard InChI is InChI=1S/C12H11N.3C11H10N2.3C9H8N4/c1-10-7-8-12(9-13-10)11-5-3-2-4-6-11;1-9-2-3-11(8-13-9)10-4-6-12-7-5-10;1-9-4-5-11(8-13-9)10-3-2-6-12-7-10;1-9-5-6-10(8-13-9)11-4-2-3-7-12-11;1-7-11-6-12-9(13-7)8-2-4-10-5-3-8;1-7-11-6-12-9(13-7)8-3-2-4-10-5-8;1-7-11-6-12-9(13-7)8-4-2-3-5-10-8/h2-9H,1H3;3*2-8H,1H3;3*2-6H,1H3. The van der Waals surface area contributed by atoms with Gasteiger partial charge in [-0.15, -0.1) is 0 Å². The minimum atomic E-state index is 0.619. The third-order valence-corrected chi connectivity index (χ3v) is 12.6. The fourth-order valence-electron chi connectivity index (χ4n) is 7.80. The van der Waals surface area contributed by atoms with Crippen molar-refractivity contribution >= 4 is 0 Å². The Kier molecular flexibility index (Phi) is 25.2. The van der Waals surface area contributed by atoms with E-state index in [0.717, 1.165) is 78.9 Å². The number of pyridine rings is 10. The summed E-state index contributed by atoms with van der Waals surface area (Å²) in [6.45, 7) is 13.4. The number of hydrogen-bond acceptors (Lipinski definition) is 19. The molecule has 14 rings (SSSR count). The second kappa shape index (κ2) is 35.4. The van der Waals surface area contributed by atoms with Crippen molar-refractivity contribution in [3.8, 4) is 78.9 Å². The summed E-state index contributed by atoms with van der Waals surface area (Å²) in [6, 6.07) is 53.5. The molecular weight excluding hydrogens is 1130 g/mol. The van der Waals surface area contributed by atoms with Gasteiger partial charge in [0.15, 0.2) is 17.5 Å². The Morgan fingerprint density at radius 2 is 0.560 bits per heavy atom. The number of rotatable bonds is 7. The van der Waals surface area contributed by atoms with Crippen LogP contribution in [0.2, 0.25) is 0 Å². The SMILES string of the molecule is Cc1ccc(-c2ccccc2)cn1.Cc1ccc(-c2ccccn2)cn1.Cc1ccc(-c2cccnc2)cn1.Cc1ccc(-c2ccncc2)cn1.Cc1ncnc(-c2ccccn2)n1.Cc1ncnc(-c2cccnc2)n1.Cc1ncnc(-c2ccncc2)n1. The molecule has 0 spiro atoms. The van der Waals surface area contributed by atoms with E-state index in [0.29, 0.717) is 29.1 Å². The van der Waals surface area contributed by atoms with E-state index in [1.54, 1.807) is 55.8 Å². The Morgan fingerprint density at radius 3 is 0.978 bits per heavy atom. The van der Waals surface area contributed by atoms with Crippen LogP contribution in [0.1, 0.15) is 40.2 Å². The molecule has 0 radical (unpaired) electrons. The van der Waals surface area contributed by atoms with Crippen molar-refractivity contribution in [2.75, 3.05) is 0 Å². The first-order valence-corrected chi connectivity index (χ1v) is 28.7. The first kappa shape index (κ1) is 64.7. The molecule has 13 heterocycles. The molecule has 1 aromatic carbocycles. The molecule has 0 unspecified atom stereocenters. The number of hydrogen-bond donors (Lipinski definition) is 0. The normalized spacial score (nSPS) is 9.92. The van der Waals surface area contributed by atoms with Crippen molar-refractivity contribution in [1.82, 2.24) is 94.7 Å². The van der Waals surface area contributed by atoms with Crippen LogP contribution < -0.4 is 0 Å². The molecule has 448 valence electrons. The third kappa shape index (κ3) is 22.2. The zero-order chi connectivity index (χ0) is 63.7. The molecule has 0 aliphatic rings. The lowest BCUT2D eigenvalue weighted by Crippen LogP contribution is -1.95. The third-order valence-electron chi connectivity index (χ3n) is 12.6. The lowest BCUT2D eigenvalue weighted by molar-refractivity contribution is 0.974. The summed E-state index contributed by atoms with van der Waals surface area (Å²) >= 11 is 0. The highest BCUT2D eigenvalue weighted by atomic mass is 15.0. The van der Waals surface area contributed by atoms with Gasteiger partial charge in [-0.2, -0.15) is 0 Å². The zero-order valence-electron chi connectivity index (χ0n) is 51.4. The van der Waals surface area contributed by atoms with E-state index >= 15 is 0 Å². The van der Waals surface area contributed by atoms with Crippen LogP contribution in [-0.4, -0.2) is 94.7 Å². The molecule has 19 heteroatoms. The Balaban J connectivity index is 0.000000137. The molecule has 0 amide bonds. The fraction of sp³-hybridized carbons (Fsp3) is 0.0972. The number of aromatic nitrogens is 19. The van der Waals surface area contributed by atoms with Gasteiger partial charge in [0.2, 0.25) is 0 Å². The minimum absolute atomic E-state index is 0.619. The van der Waals surface area contributed by atoms with Gasteiger partial charge in [0.1, 0.15) is 42.1 Å². The van der Waals surface area contributed by atoms with Gasteiger partial charge < -0.3 is 0 Å². The summed E-state index contributed by atoms with van der Waals surface area (Å²) in [7, 11) is 0. The van der Waals surface area contributed by atoms with Gasteiger partial charge in [0, 0.05) is 148 Å². The molecular formula is C72H65N19. The van der Waals surface area contributed by atoms with Gasteiger partial charge in [0.05, 0.1) is 5.69 Å². The topological polar surface area (TPSA) is 245 Å². The van der Waals surface area contributed by atoms with Crippen LogP contribution in [-0.2, 0) is 0 Å². The van der Waals surface area contributed by atoms with Crippen LogP contribution >= 0.6 is 0 Å². The monoisotopic (exact) mass is 1200 g/mol. The molecule has 0 N–H and O–H groups in total. The van der Waals surface area contributed by atoms with Gasteiger partial charge >= 0.3 is 0 Å². The highest BCUT2D eigenvalue weighted by molar-refractivity contribution is 5.64. The maximum Gasteiger partial charge on any atom is 0.181 e. The van der Waals surface area contributed by atoms with Crippen molar-refractivity contribution in [1.29, 1.82) is 0 Å². The minimum Gasteiger partial charge on any atom is -0.265 e. The molecule has 0 aliphatic carbocycles. The molecule has 0 fully saturated rings. The van der Waals surface area contributed by atoms with E-state index in [9.17, 15) is 0 Å². The number of benzene rings is 1. The first-order chi connectivity index (χ1) is 44.5. The maximum atomic E-state index is 4.26. The van der Waals surface area contributed by atoms with Crippen LogP contribution in [0, 0.1) is 48.5 Å². The van der Waals surface area contributed by atoms with Crippen molar-refractivity contribution in [3.05, 3.63) is 310 Å². The quantitative estimate of drug-likeness (QED) is 0.144. The Labute approximate surface area is 529 Å². The number of aryl methyl sites for hydroxylation is 7. The summed E-state index contributed by atoms with van der Waals surface area (Å²) < 4.78 is 0. The largest absolute Gasteiger partial charge is 0.265 e. The van der Waals surface area contributed by atoms with E-state index in [4.69, 9.17) is 0 Å². The molecule has 14 aromatic rings. The van der Waals surface area contributed by atoms with E-state index in [1.165, 1.54) is 30.1 Å². The van der Waals surface area contributed by atoms with Crippen LogP contribution in [0.5, 0.6) is 0 Å². The van der Waals surface area contributed by atoms with E-state index in [-0.39, 0.29) is 0 Å². The summed E-state index contributed by atoms with van der Waals surface area (Å²) in [5.74, 6) is 4.12. The number of nitrogens with zero attached hydrogens (tertiary/aromatic N) is 19. The van der Waals surface area contributed by atoms with Crippen molar-refractivity contribution in [2.24, 2.45) is 0 Å². The lowest BCUT2D eigenvalue weighted by atomic mass is 10.1. The molecule has 0 saturated carbocycles.